The van der Waals surface area contributed by atoms with Crippen LogP contribution in [0, 0.1) is 0 Å². The Balaban J connectivity index is 1.82. The fourth-order valence-electron chi connectivity index (χ4n) is 1.99. The van der Waals surface area contributed by atoms with Crippen LogP contribution < -0.4 is 15.4 Å². The summed E-state index contributed by atoms with van der Waals surface area (Å²) in [4.78, 5) is 36.1. The number of rotatable bonds is 3. The minimum Gasteiger partial charge on any atom is -0.422 e. The van der Waals surface area contributed by atoms with Crippen LogP contribution >= 0.6 is 23.6 Å². The minimum atomic E-state index is -0.579. The molecule has 2 aromatic rings. The van der Waals surface area contributed by atoms with Crippen LogP contribution in [-0.2, 0) is 9.59 Å². The molecule has 1 fully saturated rings. The first-order chi connectivity index (χ1) is 11.5. The fraction of sp³-hybridized carbons (Fsp3) is 0. The fourth-order valence-corrected chi connectivity index (χ4v) is 2.78. The van der Waals surface area contributed by atoms with E-state index in [0.29, 0.717) is 16.2 Å². The van der Waals surface area contributed by atoms with E-state index >= 15 is 0 Å². The van der Waals surface area contributed by atoms with E-state index in [-0.39, 0.29) is 10.7 Å². The molecule has 0 spiro atoms. The summed E-state index contributed by atoms with van der Waals surface area (Å²) < 4.78 is 5.28. The Morgan fingerprint density at radius 3 is 2.54 bits per heavy atom. The van der Waals surface area contributed by atoms with Crippen LogP contribution in [-0.4, -0.2) is 22.9 Å². The van der Waals surface area contributed by atoms with Crippen molar-refractivity contribution >= 4 is 52.5 Å². The average molecular weight is 358 g/mol. The summed E-state index contributed by atoms with van der Waals surface area (Å²) in [6.07, 6.45) is 1.40. The number of amides is 2. The molecule has 2 heterocycles. The van der Waals surface area contributed by atoms with Gasteiger partial charge in [-0.1, -0.05) is 18.2 Å². The second-order valence-corrected chi connectivity index (χ2v) is 6.09. The molecule has 0 aliphatic carbocycles. The van der Waals surface area contributed by atoms with E-state index in [9.17, 15) is 14.4 Å². The molecule has 2 N–H and O–H groups in total. The number of hydrogen-bond donors (Lipinski definition) is 2. The molecule has 0 bridgehead atoms. The first-order valence-corrected chi connectivity index (χ1v) is 8.06. The van der Waals surface area contributed by atoms with Crippen LogP contribution in [0.25, 0.3) is 6.08 Å². The van der Waals surface area contributed by atoms with Crippen molar-refractivity contribution in [3.05, 3.63) is 57.8 Å². The SMILES string of the molecule is O=C1NC(=S)NC(=O)C1=Cc1cccc(OC(=O)c2cccs2)c1. The molecule has 1 aliphatic heterocycles. The van der Waals surface area contributed by atoms with E-state index in [1.54, 1.807) is 41.8 Å². The van der Waals surface area contributed by atoms with Gasteiger partial charge in [0.05, 0.1) is 0 Å². The number of carbonyl (C=O) groups is 3. The van der Waals surface area contributed by atoms with E-state index in [1.807, 2.05) is 0 Å². The molecular weight excluding hydrogens is 348 g/mol. The van der Waals surface area contributed by atoms with Gasteiger partial charge >= 0.3 is 5.97 Å². The normalized spacial score (nSPS) is 14.0. The molecule has 1 saturated heterocycles. The molecule has 0 saturated carbocycles. The molecule has 0 atom stereocenters. The third kappa shape index (κ3) is 3.55. The van der Waals surface area contributed by atoms with Gasteiger partial charge in [0, 0.05) is 0 Å². The molecule has 1 aliphatic rings. The summed E-state index contributed by atoms with van der Waals surface area (Å²) in [6.45, 7) is 0. The number of ether oxygens (including phenoxy) is 1. The highest BCUT2D eigenvalue weighted by Crippen LogP contribution is 2.19. The van der Waals surface area contributed by atoms with Crippen molar-refractivity contribution in [3.63, 3.8) is 0 Å². The van der Waals surface area contributed by atoms with E-state index in [4.69, 9.17) is 17.0 Å². The number of nitrogens with one attached hydrogen (secondary N) is 2. The molecular formula is C16H10N2O4S2. The zero-order valence-electron chi connectivity index (χ0n) is 12.1. The Labute approximate surface area is 146 Å². The van der Waals surface area contributed by atoms with E-state index in [2.05, 4.69) is 10.6 Å². The van der Waals surface area contributed by atoms with Crippen molar-refractivity contribution in [2.24, 2.45) is 0 Å². The van der Waals surface area contributed by atoms with Gasteiger partial charge < -0.3 is 4.74 Å². The predicted octanol–water partition coefficient (Wildman–Crippen LogP) is 1.88. The zero-order chi connectivity index (χ0) is 17.1. The molecule has 1 aromatic heterocycles. The second-order valence-electron chi connectivity index (χ2n) is 4.73. The quantitative estimate of drug-likeness (QED) is 0.288. The monoisotopic (exact) mass is 358 g/mol. The van der Waals surface area contributed by atoms with Crippen LogP contribution in [0.3, 0.4) is 0 Å². The summed E-state index contributed by atoms with van der Waals surface area (Å²) in [6, 6.07) is 9.94. The summed E-state index contributed by atoms with van der Waals surface area (Å²) in [7, 11) is 0. The molecule has 0 unspecified atom stereocenters. The molecule has 2 amide bonds. The third-order valence-electron chi connectivity index (χ3n) is 3.05. The lowest BCUT2D eigenvalue weighted by atomic mass is 10.1. The number of carbonyl (C=O) groups excluding carboxylic acids is 3. The van der Waals surface area contributed by atoms with Crippen LogP contribution in [0.4, 0.5) is 0 Å². The first kappa shape index (κ1) is 16.0. The van der Waals surface area contributed by atoms with Gasteiger partial charge in [-0.3, -0.25) is 20.2 Å². The van der Waals surface area contributed by atoms with Crippen molar-refractivity contribution in [1.82, 2.24) is 10.6 Å². The predicted molar refractivity (Wildman–Crippen MR) is 92.6 cm³/mol. The maximum Gasteiger partial charge on any atom is 0.353 e. The van der Waals surface area contributed by atoms with Crippen LogP contribution in [0.15, 0.2) is 47.4 Å². The highest BCUT2D eigenvalue weighted by Gasteiger charge is 2.25. The van der Waals surface area contributed by atoms with E-state index in [1.165, 1.54) is 17.4 Å². The van der Waals surface area contributed by atoms with Crippen LogP contribution in [0.1, 0.15) is 15.2 Å². The van der Waals surface area contributed by atoms with Gasteiger partial charge in [0.25, 0.3) is 11.8 Å². The Morgan fingerprint density at radius 1 is 1.12 bits per heavy atom. The van der Waals surface area contributed by atoms with Crippen molar-refractivity contribution in [2.75, 3.05) is 0 Å². The largest absolute Gasteiger partial charge is 0.422 e. The van der Waals surface area contributed by atoms with Crippen molar-refractivity contribution < 1.29 is 19.1 Å². The van der Waals surface area contributed by atoms with Gasteiger partial charge in [0.15, 0.2) is 5.11 Å². The number of thiocarbonyl (C=S) groups is 1. The van der Waals surface area contributed by atoms with Gasteiger partial charge in [0.2, 0.25) is 0 Å². The van der Waals surface area contributed by atoms with Gasteiger partial charge in [-0.05, 0) is 47.4 Å². The Morgan fingerprint density at radius 2 is 1.88 bits per heavy atom. The van der Waals surface area contributed by atoms with Crippen molar-refractivity contribution in [1.29, 1.82) is 0 Å². The summed E-state index contributed by atoms with van der Waals surface area (Å²) >= 11 is 6.02. The van der Waals surface area contributed by atoms with Crippen molar-refractivity contribution in [2.45, 2.75) is 0 Å². The number of benzene rings is 1. The van der Waals surface area contributed by atoms with Gasteiger partial charge in [-0.25, -0.2) is 4.79 Å². The van der Waals surface area contributed by atoms with E-state index < -0.39 is 17.8 Å². The third-order valence-corrected chi connectivity index (χ3v) is 4.10. The smallest absolute Gasteiger partial charge is 0.353 e. The number of thiophene rings is 1. The Bertz CT molecular complexity index is 850. The lowest BCUT2D eigenvalue weighted by molar-refractivity contribution is -0.123. The molecule has 24 heavy (non-hydrogen) atoms. The maximum atomic E-state index is 11.9. The minimum absolute atomic E-state index is 0.0271. The summed E-state index contributed by atoms with van der Waals surface area (Å²) in [5, 5.41) is 6.46. The van der Waals surface area contributed by atoms with Gasteiger partial charge in [-0.2, -0.15) is 0 Å². The van der Waals surface area contributed by atoms with Crippen molar-refractivity contribution in [3.8, 4) is 5.75 Å². The van der Waals surface area contributed by atoms with Crippen LogP contribution in [0.2, 0.25) is 0 Å². The number of hydrogen-bond acceptors (Lipinski definition) is 6. The topological polar surface area (TPSA) is 84.5 Å². The maximum absolute atomic E-state index is 11.9. The second kappa shape index (κ2) is 6.73. The molecule has 8 heteroatoms. The van der Waals surface area contributed by atoms with Gasteiger partial charge in [0.1, 0.15) is 16.2 Å². The standard InChI is InChI=1S/C16H10N2O4S2/c19-13-11(14(20)18-16(23)17-13)8-9-3-1-4-10(7-9)22-15(21)12-5-2-6-24-12/h1-8H,(H2,17,18,19,20,23). The number of esters is 1. The molecule has 120 valence electrons. The summed E-state index contributed by atoms with van der Waals surface area (Å²) in [5.74, 6) is -1.31. The summed E-state index contributed by atoms with van der Waals surface area (Å²) in [5.41, 5.74) is 0.463. The lowest BCUT2D eigenvalue weighted by Crippen LogP contribution is -2.51. The Kier molecular flexibility index (Phi) is 4.50. The zero-order valence-corrected chi connectivity index (χ0v) is 13.7. The molecule has 1 aromatic carbocycles. The van der Waals surface area contributed by atoms with E-state index in [0.717, 1.165) is 0 Å². The van der Waals surface area contributed by atoms with Crippen LogP contribution in [0.5, 0.6) is 5.75 Å². The Hall–Kier alpha value is -2.84. The highest BCUT2D eigenvalue weighted by molar-refractivity contribution is 7.80. The average Bonchev–Trinajstić information content (AvgIpc) is 3.06. The highest BCUT2D eigenvalue weighted by atomic mass is 32.1. The lowest BCUT2D eigenvalue weighted by Gasteiger charge is -2.16. The molecule has 0 radical (unpaired) electrons. The molecule has 6 nitrogen and oxygen atoms in total. The first-order valence-electron chi connectivity index (χ1n) is 6.77. The van der Waals surface area contributed by atoms with Gasteiger partial charge in [-0.15, -0.1) is 11.3 Å². The molecule has 3 rings (SSSR count).